The molecule has 0 amide bonds. The topological polar surface area (TPSA) is 29.5 Å². The molecule has 0 aromatic heterocycles. The van der Waals surface area contributed by atoms with Crippen LogP contribution < -0.4 is 0 Å². The van der Waals surface area contributed by atoms with Crippen LogP contribution in [0.5, 0.6) is 0 Å². The van der Waals surface area contributed by atoms with Gasteiger partial charge in [-0.15, -0.1) is 0 Å². The SMILES string of the molecule is CCCCCCCCCCC(O)(COC)C(C)C. The molecule has 0 aromatic carbocycles. The van der Waals surface area contributed by atoms with Gasteiger partial charge in [-0.2, -0.15) is 0 Å². The summed E-state index contributed by atoms with van der Waals surface area (Å²) in [6, 6.07) is 0. The van der Waals surface area contributed by atoms with Crippen LogP contribution in [0.3, 0.4) is 0 Å². The summed E-state index contributed by atoms with van der Waals surface area (Å²) in [4.78, 5) is 0. The summed E-state index contributed by atoms with van der Waals surface area (Å²) in [6.07, 6.45) is 11.3. The van der Waals surface area contributed by atoms with Crippen molar-refractivity contribution in [1.82, 2.24) is 0 Å². The second-order valence-electron chi connectivity index (χ2n) is 5.92. The number of hydrogen-bond acceptors (Lipinski definition) is 2. The first-order valence-electron chi connectivity index (χ1n) is 7.78. The number of rotatable bonds is 12. The van der Waals surface area contributed by atoms with Gasteiger partial charge in [0.1, 0.15) is 0 Å². The molecular formula is C16H34O2. The summed E-state index contributed by atoms with van der Waals surface area (Å²) >= 11 is 0. The van der Waals surface area contributed by atoms with E-state index in [-0.39, 0.29) is 5.92 Å². The lowest BCUT2D eigenvalue weighted by atomic mass is 9.86. The molecule has 110 valence electrons. The average Bonchev–Trinajstić information content (AvgIpc) is 2.33. The smallest absolute Gasteiger partial charge is 0.0902 e. The Morgan fingerprint density at radius 2 is 1.44 bits per heavy atom. The van der Waals surface area contributed by atoms with Crippen molar-refractivity contribution < 1.29 is 9.84 Å². The van der Waals surface area contributed by atoms with E-state index in [1.165, 1.54) is 44.9 Å². The van der Waals surface area contributed by atoms with E-state index in [0.29, 0.717) is 6.61 Å². The van der Waals surface area contributed by atoms with Gasteiger partial charge in [0.05, 0.1) is 12.2 Å². The van der Waals surface area contributed by atoms with Crippen molar-refractivity contribution in [1.29, 1.82) is 0 Å². The van der Waals surface area contributed by atoms with Gasteiger partial charge in [0.15, 0.2) is 0 Å². The second-order valence-corrected chi connectivity index (χ2v) is 5.92. The standard InChI is InChI=1S/C16H34O2/c1-5-6-7-8-9-10-11-12-13-16(17,14-18-4)15(2)3/h15,17H,5-14H2,1-4H3. The van der Waals surface area contributed by atoms with Crippen molar-refractivity contribution in [2.45, 2.75) is 84.2 Å². The molecule has 0 saturated carbocycles. The fourth-order valence-electron chi connectivity index (χ4n) is 2.34. The van der Waals surface area contributed by atoms with Crippen molar-refractivity contribution in [2.24, 2.45) is 5.92 Å². The molecule has 18 heavy (non-hydrogen) atoms. The van der Waals surface area contributed by atoms with Gasteiger partial charge < -0.3 is 9.84 Å². The molecule has 0 aliphatic carbocycles. The monoisotopic (exact) mass is 258 g/mol. The quantitative estimate of drug-likeness (QED) is 0.520. The van der Waals surface area contributed by atoms with Crippen molar-refractivity contribution in [2.75, 3.05) is 13.7 Å². The molecule has 0 heterocycles. The molecule has 1 atom stereocenters. The number of methoxy groups -OCH3 is 1. The second kappa shape index (κ2) is 10.8. The molecule has 0 aliphatic rings. The Hall–Kier alpha value is -0.0800. The molecule has 0 bridgehead atoms. The van der Waals surface area contributed by atoms with Gasteiger partial charge in [-0.05, 0) is 12.3 Å². The van der Waals surface area contributed by atoms with Crippen molar-refractivity contribution in [3.63, 3.8) is 0 Å². The molecule has 1 N–H and O–H groups in total. The first-order valence-corrected chi connectivity index (χ1v) is 7.78. The molecule has 0 saturated heterocycles. The van der Waals surface area contributed by atoms with Gasteiger partial charge in [-0.25, -0.2) is 0 Å². The third-order valence-corrected chi connectivity index (χ3v) is 3.93. The van der Waals surface area contributed by atoms with Gasteiger partial charge in [-0.1, -0.05) is 72.1 Å². The van der Waals surface area contributed by atoms with Crippen LogP contribution in [0.15, 0.2) is 0 Å². The van der Waals surface area contributed by atoms with Crippen LogP contribution in [0.25, 0.3) is 0 Å². The zero-order valence-electron chi connectivity index (χ0n) is 13.0. The number of unbranched alkanes of at least 4 members (excludes halogenated alkanes) is 7. The molecule has 1 unspecified atom stereocenters. The van der Waals surface area contributed by atoms with Crippen LogP contribution in [0, 0.1) is 5.92 Å². The van der Waals surface area contributed by atoms with E-state index >= 15 is 0 Å². The zero-order chi connectivity index (χ0) is 13.9. The lowest BCUT2D eigenvalue weighted by Gasteiger charge is -2.31. The first-order chi connectivity index (χ1) is 8.56. The zero-order valence-corrected chi connectivity index (χ0v) is 13.0. The molecule has 0 aromatic rings. The maximum absolute atomic E-state index is 10.4. The van der Waals surface area contributed by atoms with Crippen molar-refractivity contribution in [3.8, 4) is 0 Å². The van der Waals surface area contributed by atoms with E-state index in [0.717, 1.165) is 12.8 Å². The highest BCUT2D eigenvalue weighted by atomic mass is 16.5. The van der Waals surface area contributed by atoms with Crippen LogP contribution in [0.1, 0.15) is 78.6 Å². The molecule has 0 radical (unpaired) electrons. The Morgan fingerprint density at radius 1 is 0.944 bits per heavy atom. The summed E-state index contributed by atoms with van der Waals surface area (Å²) in [5.41, 5.74) is -0.628. The fourth-order valence-corrected chi connectivity index (χ4v) is 2.34. The largest absolute Gasteiger partial charge is 0.387 e. The molecule has 2 heteroatoms. The Balaban J connectivity index is 3.56. The van der Waals surface area contributed by atoms with Gasteiger partial charge in [-0.3, -0.25) is 0 Å². The van der Waals surface area contributed by atoms with Gasteiger partial charge >= 0.3 is 0 Å². The summed E-state index contributed by atoms with van der Waals surface area (Å²) in [5.74, 6) is 0.266. The lowest BCUT2D eigenvalue weighted by molar-refractivity contribution is -0.0713. The van der Waals surface area contributed by atoms with E-state index < -0.39 is 5.60 Å². The minimum Gasteiger partial charge on any atom is -0.387 e. The Bertz CT molecular complexity index is 180. The average molecular weight is 258 g/mol. The minimum atomic E-state index is -0.628. The number of ether oxygens (including phenoxy) is 1. The maximum atomic E-state index is 10.4. The predicted molar refractivity (Wildman–Crippen MR) is 78.9 cm³/mol. The molecule has 0 fully saturated rings. The Morgan fingerprint density at radius 3 is 1.89 bits per heavy atom. The molecular weight excluding hydrogens is 224 g/mol. The lowest BCUT2D eigenvalue weighted by Crippen LogP contribution is -2.39. The molecule has 0 spiro atoms. The van der Waals surface area contributed by atoms with Gasteiger partial charge in [0.25, 0.3) is 0 Å². The number of hydrogen-bond donors (Lipinski definition) is 1. The van der Waals surface area contributed by atoms with Crippen molar-refractivity contribution in [3.05, 3.63) is 0 Å². The number of aliphatic hydroxyl groups is 1. The van der Waals surface area contributed by atoms with Gasteiger partial charge in [0.2, 0.25) is 0 Å². The van der Waals surface area contributed by atoms with Crippen LogP contribution >= 0.6 is 0 Å². The van der Waals surface area contributed by atoms with Gasteiger partial charge in [0, 0.05) is 7.11 Å². The third kappa shape index (κ3) is 8.10. The van der Waals surface area contributed by atoms with E-state index in [1.807, 2.05) is 0 Å². The summed E-state index contributed by atoms with van der Waals surface area (Å²) in [7, 11) is 1.67. The van der Waals surface area contributed by atoms with E-state index in [4.69, 9.17) is 4.74 Å². The van der Waals surface area contributed by atoms with Crippen LogP contribution in [0.4, 0.5) is 0 Å². The fraction of sp³-hybridized carbons (Fsp3) is 1.00. The normalized spacial score (nSPS) is 15.0. The van der Waals surface area contributed by atoms with Crippen LogP contribution in [-0.4, -0.2) is 24.4 Å². The summed E-state index contributed by atoms with van der Waals surface area (Å²) in [5, 5.41) is 10.4. The van der Waals surface area contributed by atoms with Crippen LogP contribution in [0.2, 0.25) is 0 Å². The Labute approximate surface area is 114 Å². The molecule has 0 aliphatic heterocycles. The highest BCUT2D eigenvalue weighted by Crippen LogP contribution is 2.24. The van der Waals surface area contributed by atoms with Crippen molar-refractivity contribution >= 4 is 0 Å². The third-order valence-electron chi connectivity index (χ3n) is 3.93. The highest BCUT2D eigenvalue weighted by Gasteiger charge is 2.30. The molecule has 0 rings (SSSR count). The molecule has 2 nitrogen and oxygen atoms in total. The highest BCUT2D eigenvalue weighted by molar-refractivity contribution is 4.81. The predicted octanol–water partition coefficient (Wildman–Crippen LogP) is 4.55. The minimum absolute atomic E-state index is 0.266. The Kier molecular flexibility index (Phi) is 10.8. The first kappa shape index (κ1) is 17.9. The van der Waals surface area contributed by atoms with E-state index in [9.17, 15) is 5.11 Å². The van der Waals surface area contributed by atoms with Crippen LogP contribution in [-0.2, 0) is 4.74 Å². The summed E-state index contributed by atoms with van der Waals surface area (Å²) in [6.45, 7) is 6.86. The summed E-state index contributed by atoms with van der Waals surface area (Å²) < 4.78 is 5.14. The van der Waals surface area contributed by atoms with E-state index in [1.54, 1.807) is 7.11 Å². The maximum Gasteiger partial charge on any atom is 0.0902 e. The van der Waals surface area contributed by atoms with E-state index in [2.05, 4.69) is 20.8 Å².